The number of hydrogen-bond acceptors (Lipinski definition) is 6. The quantitative estimate of drug-likeness (QED) is 0.842. The number of nitrogens with two attached hydrogens (primary N) is 1. The van der Waals surface area contributed by atoms with Crippen LogP contribution in [-0.4, -0.2) is 61.3 Å². The second-order valence-corrected chi connectivity index (χ2v) is 7.35. The molecule has 0 saturated carbocycles. The largest absolute Gasteiger partial charge is 0.368 e. The highest BCUT2D eigenvalue weighted by molar-refractivity contribution is 7.89. The molecule has 0 aromatic carbocycles. The summed E-state index contributed by atoms with van der Waals surface area (Å²) < 4.78 is 26.1. The topological polar surface area (TPSA) is 92.4 Å². The van der Waals surface area contributed by atoms with Crippen molar-refractivity contribution < 1.29 is 8.42 Å². The van der Waals surface area contributed by atoms with Gasteiger partial charge in [-0.15, -0.1) is 0 Å². The van der Waals surface area contributed by atoms with Crippen LogP contribution in [0.2, 0.25) is 0 Å². The lowest BCUT2D eigenvalue weighted by atomic mass is 9.97. The van der Waals surface area contributed by atoms with Crippen LogP contribution in [0.4, 0.5) is 5.95 Å². The Morgan fingerprint density at radius 1 is 1.35 bits per heavy atom. The summed E-state index contributed by atoms with van der Waals surface area (Å²) in [5.74, 6) is 0.475. The number of sulfonamides is 1. The number of nitrogens with zero attached hydrogens (tertiary/aromatic N) is 4. The Kier molecular flexibility index (Phi) is 4.56. The predicted molar refractivity (Wildman–Crippen MR) is 76.5 cm³/mol. The smallest absolute Gasteiger partial charge is 0.245 e. The number of aromatic nitrogens is 2. The van der Waals surface area contributed by atoms with E-state index in [0.717, 1.165) is 25.9 Å². The molecule has 1 saturated heterocycles. The van der Waals surface area contributed by atoms with Gasteiger partial charge in [-0.3, -0.25) is 0 Å². The van der Waals surface area contributed by atoms with Crippen molar-refractivity contribution in [3.63, 3.8) is 0 Å². The van der Waals surface area contributed by atoms with Gasteiger partial charge in [-0.1, -0.05) is 0 Å². The second-order valence-electron chi connectivity index (χ2n) is 5.31. The van der Waals surface area contributed by atoms with E-state index >= 15 is 0 Å². The van der Waals surface area contributed by atoms with Gasteiger partial charge in [-0.2, -0.15) is 0 Å². The van der Waals surface area contributed by atoms with E-state index in [1.165, 1.54) is 16.7 Å². The second kappa shape index (κ2) is 6.02. The van der Waals surface area contributed by atoms with Crippen molar-refractivity contribution in [1.82, 2.24) is 19.2 Å². The normalized spacial score (nSPS) is 18.6. The maximum Gasteiger partial charge on any atom is 0.245 e. The van der Waals surface area contributed by atoms with Crippen molar-refractivity contribution in [2.24, 2.45) is 5.92 Å². The Bertz CT molecular complexity index is 537. The molecule has 0 amide bonds. The highest BCUT2D eigenvalue weighted by atomic mass is 32.2. The molecule has 2 heterocycles. The molecule has 0 unspecified atom stereocenters. The fourth-order valence-corrected chi connectivity index (χ4v) is 3.48. The van der Waals surface area contributed by atoms with Gasteiger partial charge in [0.2, 0.25) is 16.0 Å². The van der Waals surface area contributed by atoms with Gasteiger partial charge in [0.1, 0.15) is 4.90 Å². The summed E-state index contributed by atoms with van der Waals surface area (Å²) >= 11 is 0. The Labute approximate surface area is 119 Å². The molecule has 0 bridgehead atoms. The summed E-state index contributed by atoms with van der Waals surface area (Å²) in [7, 11) is 0.157. The van der Waals surface area contributed by atoms with E-state index in [1.807, 2.05) is 0 Å². The van der Waals surface area contributed by atoms with Gasteiger partial charge in [0, 0.05) is 13.6 Å². The van der Waals surface area contributed by atoms with Crippen molar-refractivity contribution >= 4 is 16.0 Å². The van der Waals surface area contributed by atoms with E-state index in [2.05, 4.69) is 21.9 Å². The first-order valence-corrected chi connectivity index (χ1v) is 8.06. The molecule has 0 radical (unpaired) electrons. The van der Waals surface area contributed by atoms with Crippen LogP contribution >= 0.6 is 0 Å². The van der Waals surface area contributed by atoms with Crippen LogP contribution in [0.1, 0.15) is 12.8 Å². The number of likely N-dealkylation sites (tertiary alicyclic amines) is 1. The summed E-state index contributed by atoms with van der Waals surface area (Å²) in [4.78, 5) is 9.83. The zero-order valence-corrected chi connectivity index (χ0v) is 12.7. The summed E-state index contributed by atoms with van der Waals surface area (Å²) in [6.45, 7) is 2.56. The SMILES string of the molecule is CN1CCC(CN(C)S(=O)(=O)c2cnc(N)nc2)CC1. The molecule has 7 nitrogen and oxygen atoms in total. The van der Waals surface area contributed by atoms with Crippen molar-refractivity contribution in [2.75, 3.05) is 39.5 Å². The minimum Gasteiger partial charge on any atom is -0.368 e. The first-order valence-electron chi connectivity index (χ1n) is 6.62. The van der Waals surface area contributed by atoms with Crippen LogP contribution < -0.4 is 5.73 Å². The van der Waals surface area contributed by atoms with Gasteiger partial charge < -0.3 is 10.6 Å². The number of hydrogen-bond donors (Lipinski definition) is 1. The molecule has 1 fully saturated rings. The van der Waals surface area contributed by atoms with Crippen LogP contribution in [0.15, 0.2) is 17.3 Å². The minimum absolute atomic E-state index is 0.0712. The Balaban J connectivity index is 2.04. The molecule has 1 aliphatic rings. The van der Waals surface area contributed by atoms with Crippen LogP contribution in [0, 0.1) is 5.92 Å². The first-order chi connectivity index (χ1) is 9.39. The third-order valence-electron chi connectivity index (χ3n) is 3.71. The lowest BCUT2D eigenvalue weighted by Gasteiger charge is -2.31. The van der Waals surface area contributed by atoms with E-state index in [0.29, 0.717) is 12.5 Å². The van der Waals surface area contributed by atoms with Gasteiger partial charge in [-0.25, -0.2) is 22.7 Å². The van der Waals surface area contributed by atoms with Crippen molar-refractivity contribution in [2.45, 2.75) is 17.7 Å². The van der Waals surface area contributed by atoms with Crippen LogP contribution in [0.5, 0.6) is 0 Å². The molecule has 112 valence electrons. The lowest BCUT2D eigenvalue weighted by Crippen LogP contribution is -2.38. The van der Waals surface area contributed by atoms with Crippen molar-refractivity contribution in [3.05, 3.63) is 12.4 Å². The standard InChI is InChI=1S/C12H21N5O2S/c1-16-5-3-10(4-6-16)9-17(2)20(18,19)11-7-14-12(13)15-8-11/h7-8,10H,3-6,9H2,1-2H3,(H2,13,14,15). The highest BCUT2D eigenvalue weighted by Gasteiger charge is 2.26. The Morgan fingerprint density at radius 2 is 1.90 bits per heavy atom. The monoisotopic (exact) mass is 299 g/mol. The molecule has 8 heteroatoms. The van der Waals surface area contributed by atoms with Gasteiger partial charge in [-0.05, 0) is 38.9 Å². The maximum atomic E-state index is 12.4. The van der Waals surface area contributed by atoms with Crippen LogP contribution in [-0.2, 0) is 10.0 Å². The van der Waals surface area contributed by atoms with Gasteiger partial charge >= 0.3 is 0 Å². The van der Waals surface area contributed by atoms with Gasteiger partial charge in [0.05, 0.1) is 12.4 Å². The molecule has 1 aromatic rings. The van der Waals surface area contributed by atoms with E-state index in [9.17, 15) is 8.42 Å². The highest BCUT2D eigenvalue weighted by Crippen LogP contribution is 2.20. The molecule has 0 spiro atoms. The molecule has 0 aliphatic carbocycles. The van der Waals surface area contributed by atoms with Crippen LogP contribution in [0.3, 0.4) is 0 Å². The average Bonchev–Trinajstić information content (AvgIpc) is 2.42. The summed E-state index contributed by atoms with van der Waals surface area (Å²) in [6.07, 6.45) is 4.55. The van der Waals surface area contributed by atoms with E-state index in [4.69, 9.17) is 5.73 Å². The molecular weight excluding hydrogens is 278 g/mol. The summed E-state index contributed by atoms with van der Waals surface area (Å²) in [6, 6.07) is 0. The number of piperidine rings is 1. The third-order valence-corrected chi connectivity index (χ3v) is 5.49. The maximum absolute atomic E-state index is 12.4. The molecule has 0 atom stereocenters. The van der Waals surface area contributed by atoms with Crippen LogP contribution in [0.25, 0.3) is 0 Å². The van der Waals surface area contributed by atoms with E-state index < -0.39 is 10.0 Å². The molecule has 2 N–H and O–H groups in total. The zero-order valence-electron chi connectivity index (χ0n) is 11.9. The van der Waals surface area contributed by atoms with Gasteiger partial charge in [0.15, 0.2) is 0 Å². The van der Waals surface area contributed by atoms with E-state index in [1.54, 1.807) is 7.05 Å². The first kappa shape index (κ1) is 15.1. The summed E-state index contributed by atoms with van der Waals surface area (Å²) in [5, 5.41) is 0. The number of rotatable bonds is 4. The zero-order chi connectivity index (χ0) is 14.8. The predicted octanol–water partition coefficient (Wildman–Crippen LogP) is 0.0211. The lowest BCUT2D eigenvalue weighted by molar-refractivity contribution is 0.202. The third kappa shape index (κ3) is 3.44. The fraction of sp³-hybridized carbons (Fsp3) is 0.667. The van der Waals surface area contributed by atoms with Crippen molar-refractivity contribution in [3.8, 4) is 0 Å². The summed E-state index contributed by atoms with van der Waals surface area (Å²) in [5.41, 5.74) is 5.37. The Morgan fingerprint density at radius 3 is 2.45 bits per heavy atom. The molecule has 2 rings (SSSR count). The number of nitrogen functional groups attached to an aromatic ring is 1. The van der Waals surface area contributed by atoms with Gasteiger partial charge in [0.25, 0.3) is 0 Å². The number of anilines is 1. The minimum atomic E-state index is -3.53. The molecular formula is C12H21N5O2S. The van der Waals surface area contributed by atoms with E-state index in [-0.39, 0.29) is 10.8 Å². The average molecular weight is 299 g/mol. The Hall–Kier alpha value is -1.25. The fourth-order valence-electron chi connectivity index (χ4n) is 2.35. The molecule has 20 heavy (non-hydrogen) atoms. The molecule has 1 aliphatic heterocycles. The molecule has 1 aromatic heterocycles. The van der Waals surface area contributed by atoms with Crippen molar-refractivity contribution in [1.29, 1.82) is 0 Å².